The van der Waals surface area contributed by atoms with E-state index in [9.17, 15) is 4.79 Å². The van der Waals surface area contributed by atoms with Crippen LogP contribution in [0.1, 0.15) is 16.7 Å². The smallest absolute Gasteiger partial charge is 0.248 e. The van der Waals surface area contributed by atoms with Crippen molar-refractivity contribution < 1.29 is 23.7 Å². The molecule has 0 bridgehead atoms. The Bertz CT molecular complexity index is 1460. The van der Waals surface area contributed by atoms with Gasteiger partial charge in [0.2, 0.25) is 11.7 Å². The minimum Gasteiger partial charge on any atom is -0.497 e. The molecule has 7 heteroatoms. The number of para-hydroxylation sites is 1. The van der Waals surface area contributed by atoms with Gasteiger partial charge < -0.3 is 28.8 Å². The zero-order valence-corrected chi connectivity index (χ0v) is 21.6. The number of ether oxygens (including phenoxy) is 4. The number of fused-ring (bicyclic) bond motifs is 1. The molecular weight excluding hydrogens is 468 g/mol. The van der Waals surface area contributed by atoms with E-state index in [0.717, 1.165) is 27.6 Å². The van der Waals surface area contributed by atoms with Crippen molar-refractivity contribution in [1.29, 1.82) is 0 Å². The van der Waals surface area contributed by atoms with Crippen LogP contribution in [0.2, 0.25) is 0 Å². The Hall–Kier alpha value is -4.65. The number of rotatable bonds is 9. The average molecular weight is 499 g/mol. The molecule has 1 N–H and O–H groups in total. The molecule has 4 aromatic rings. The van der Waals surface area contributed by atoms with Gasteiger partial charge in [0, 0.05) is 41.9 Å². The number of hydrogen-bond acceptors (Lipinski definition) is 5. The minimum absolute atomic E-state index is 0.247. The second-order valence-electron chi connectivity index (χ2n) is 8.28. The number of carbonyl (C=O) groups excluding carboxylic acids is 1. The van der Waals surface area contributed by atoms with Gasteiger partial charge >= 0.3 is 0 Å². The standard InChI is InChI=1S/C30H30N2O5/c1-32-19-22(24-8-6-7-9-26(24)32)13-15-29(33)31-25-18-23(34-2)14-12-21(25)11-10-20-16-27(35-3)30(37-5)28(17-20)36-4/h6-19H,1-5H3,(H,31,33)/b11-10+,15-13+. The van der Waals surface area contributed by atoms with Gasteiger partial charge in [-0.15, -0.1) is 0 Å². The summed E-state index contributed by atoms with van der Waals surface area (Å²) in [7, 11) is 8.30. The number of anilines is 1. The molecule has 7 nitrogen and oxygen atoms in total. The highest BCUT2D eigenvalue weighted by atomic mass is 16.5. The highest BCUT2D eigenvalue weighted by Crippen LogP contribution is 2.38. The molecule has 190 valence electrons. The Morgan fingerprint density at radius 3 is 2.22 bits per heavy atom. The van der Waals surface area contributed by atoms with E-state index in [1.807, 2.05) is 78.5 Å². The van der Waals surface area contributed by atoms with Crippen LogP contribution < -0.4 is 24.3 Å². The molecule has 0 saturated carbocycles. The SMILES string of the molecule is COc1ccc(/C=C/c2cc(OC)c(OC)c(OC)c2)c(NC(=O)/C=C/c2cn(C)c3ccccc23)c1. The van der Waals surface area contributed by atoms with E-state index < -0.39 is 0 Å². The maximum Gasteiger partial charge on any atom is 0.248 e. The van der Waals surface area contributed by atoms with Crippen LogP contribution in [0, 0.1) is 0 Å². The van der Waals surface area contributed by atoms with Crippen LogP contribution >= 0.6 is 0 Å². The van der Waals surface area contributed by atoms with E-state index >= 15 is 0 Å². The highest BCUT2D eigenvalue weighted by molar-refractivity contribution is 6.04. The summed E-state index contributed by atoms with van der Waals surface area (Å²) in [6, 6.07) is 17.3. The predicted octanol–water partition coefficient (Wildman–Crippen LogP) is 6.04. The largest absolute Gasteiger partial charge is 0.497 e. The maximum atomic E-state index is 12.9. The lowest BCUT2D eigenvalue weighted by molar-refractivity contribution is -0.111. The monoisotopic (exact) mass is 498 g/mol. The lowest BCUT2D eigenvalue weighted by atomic mass is 10.1. The quantitative estimate of drug-likeness (QED) is 0.225. The van der Waals surface area contributed by atoms with Crippen LogP contribution in [0.15, 0.2) is 66.9 Å². The van der Waals surface area contributed by atoms with Gasteiger partial charge in [0.25, 0.3) is 0 Å². The van der Waals surface area contributed by atoms with E-state index in [-0.39, 0.29) is 5.91 Å². The summed E-state index contributed by atoms with van der Waals surface area (Å²) in [5, 5.41) is 4.06. The fourth-order valence-corrected chi connectivity index (χ4v) is 4.15. The molecule has 0 fully saturated rings. The molecule has 3 aromatic carbocycles. The number of nitrogens with one attached hydrogen (secondary N) is 1. The van der Waals surface area contributed by atoms with Gasteiger partial charge in [0.05, 0.1) is 34.1 Å². The molecule has 0 unspecified atom stereocenters. The van der Waals surface area contributed by atoms with Crippen molar-refractivity contribution in [1.82, 2.24) is 4.57 Å². The molecule has 0 atom stereocenters. The zero-order chi connectivity index (χ0) is 26.4. The number of hydrogen-bond donors (Lipinski definition) is 1. The van der Waals surface area contributed by atoms with Crippen molar-refractivity contribution in [2.75, 3.05) is 33.8 Å². The first kappa shape index (κ1) is 25.4. The Balaban J connectivity index is 1.60. The van der Waals surface area contributed by atoms with Crippen molar-refractivity contribution in [2.45, 2.75) is 0 Å². The first-order valence-corrected chi connectivity index (χ1v) is 11.7. The van der Waals surface area contributed by atoms with Crippen LogP contribution in [-0.2, 0) is 11.8 Å². The molecule has 0 saturated heterocycles. The van der Waals surface area contributed by atoms with E-state index in [1.165, 1.54) is 6.08 Å². The summed E-state index contributed by atoms with van der Waals surface area (Å²) in [6.45, 7) is 0. The average Bonchev–Trinajstić information content (AvgIpc) is 3.25. The molecule has 1 amide bonds. The minimum atomic E-state index is -0.247. The Kier molecular flexibility index (Phi) is 7.83. The summed E-state index contributed by atoms with van der Waals surface area (Å²) in [6.07, 6.45) is 9.18. The first-order chi connectivity index (χ1) is 18.0. The molecule has 0 aliphatic rings. The maximum absolute atomic E-state index is 12.9. The van der Waals surface area contributed by atoms with Crippen LogP contribution in [0.25, 0.3) is 29.1 Å². The molecular formula is C30H30N2O5. The van der Waals surface area contributed by atoms with Gasteiger partial charge in [-0.05, 0) is 47.5 Å². The number of aromatic nitrogens is 1. The lowest BCUT2D eigenvalue weighted by Gasteiger charge is -2.13. The van der Waals surface area contributed by atoms with Crippen molar-refractivity contribution in [3.05, 3.63) is 83.6 Å². The summed E-state index contributed by atoms with van der Waals surface area (Å²) in [4.78, 5) is 12.9. The Morgan fingerprint density at radius 2 is 1.54 bits per heavy atom. The molecule has 0 aliphatic carbocycles. The van der Waals surface area contributed by atoms with Crippen molar-refractivity contribution in [2.24, 2.45) is 7.05 Å². The van der Waals surface area contributed by atoms with E-state index in [1.54, 1.807) is 34.5 Å². The van der Waals surface area contributed by atoms with Gasteiger partial charge in [-0.25, -0.2) is 0 Å². The van der Waals surface area contributed by atoms with Gasteiger partial charge in [-0.1, -0.05) is 30.4 Å². The molecule has 0 radical (unpaired) electrons. The Morgan fingerprint density at radius 1 is 0.811 bits per heavy atom. The van der Waals surface area contributed by atoms with Crippen LogP contribution in [0.5, 0.6) is 23.0 Å². The number of carbonyl (C=O) groups is 1. The van der Waals surface area contributed by atoms with Gasteiger partial charge in [0.1, 0.15) is 5.75 Å². The first-order valence-electron chi connectivity index (χ1n) is 11.7. The van der Waals surface area contributed by atoms with E-state index in [0.29, 0.717) is 28.7 Å². The van der Waals surface area contributed by atoms with Crippen LogP contribution in [0.4, 0.5) is 5.69 Å². The summed E-state index contributed by atoms with van der Waals surface area (Å²) in [5.74, 6) is 2.03. The third-order valence-corrected chi connectivity index (χ3v) is 6.00. The van der Waals surface area contributed by atoms with Crippen molar-refractivity contribution in [3.63, 3.8) is 0 Å². The van der Waals surface area contributed by atoms with Crippen molar-refractivity contribution in [3.8, 4) is 23.0 Å². The number of amides is 1. The molecule has 1 aromatic heterocycles. The van der Waals surface area contributed by atoms with E-state index in [4.69, 9.17) is 18.9 Å². The molecule has 0 spiro atoms. The van der Waals surface area contributed by atoms with Crippen LogP contribution in [0.3, 0.4) is 0 Å². The fourth-order valence-electron chi connectivity index (χ4n) is 4.15. The molecule has 4 rings (SSSR count). The Labute approximate surface area is 216 Å². The van der Waals surface area contributed by atoms with Gasteiger partial charge in [0.15, 0.2) is 11.5 Å². The lowest BCUT2D eigenvalue weighted by Crippen LogP contribution is -2.09. The number of nitrogens with zero attached hydrogens (tertiary/aromatic N) is 1. The fraction of sp³-hybridized carbons (Fsp3) is 0.167. The topological polar surface area (TPSA) is 71.0 Å². The predicted molar refractivity (Wildman–Crippen MR) is 149 cm³/mol. The number of benzene rings is 3. The van der Waals surface area contributed by atoms with Gasteiger partial charge in [-0.2, -0.15) is 0 Å². The van der Waals surface area contributed by atoms with Crippen molar-refractivity contribution >= 4 is 40.7 Å². The second kappa shape index (κ2) is 11.4. The molecule has 0 aliphatic heterocycles. The normalized spacial score (nSPS) is 11.3. The number of methoxy groups -OCH3 is 4. The summed E-state index contributed by atoms with van der Waals surface area (Å²) in [5.41, 5.74) is 4.35. The van der Waals surface area contributed by atoms with Crippen LogP contribution in [-0.4, -0.2) is 38.9 Å². The zero-order valence-electron chi connectivity index (χ0n) is 21.6. The number of aryl methyl sites for hydroxylation is 1. The molecule has 37 heavy (non-hydrogen) atoms. The second-order valence-corrected chi connectivity index (χ2v) is 8.28. The van der Waals surface area contributed by atoms with Gasteiger partial charge in [-0.3, -0.25) is 4.79 Å². The summed E-state index contributed by atoms with van der Waals surface area (Å²) < 4.78 is 23.7. The third-order valence-electron chi connectivity index (χ3n) is 6.00. The third kappa shape index (κ3) is 5.62. The highest BCUT2D eigenvalue weighted by Gasteiger charge is 2.12. The molecule has 1 heterocycles. The summed E-state index contributed by atoms with van der Waals surface area (Å²) >= 11 is 0. The van der Waals surface area contributed by atoms with E-state index in [2.05, 4.69) is 11.4 Å².